The highest BCUT2D eigenvalue weighted by molar-refractivity contribution is 7.71. The van der Waals surface area contributed by atoms with Crippen LogP contribution in [-0.2, 0) is 0 Å². The number of hydrogen-bond acceptors (Lipinski definition) is 3. The van der Waals surface area contributed by atoms with Gasteiger partial charge in [0.25, 0.3) is 5.56 Å². The van der Waals surface area contributed by atoms with Crippen molar-refractivity contribution in [2.75, 3.05) is 0 Å². The van der Waals surface area contributed by atoms with Crippen LogP contribution in [-0.4, -0.2) is 19.1 Å². The third kappa shape index (κ3) is 3.00. The summed E-state index contributed by atoms with van der Waals surface area (Å²) in [7, 11) is 0. The average Bonchev–Trinajstić information content (AvgIpc) is 3.01. The quantitative estimate of drug-likeness (QED) is 0.518. The molecule has 2 aromatic carbocycles. The molecule has 2 aromatic heterocycles. The number of H-pyrrole nitrogens is 1. The van der Waals surface area contributed by atoms with Crippen LogP contribution in [0, 0.1) is 4.77 Å². The summed E-state index contributed by atoms with van der Waals surface area (Å²) < 4.78 is 3.52. The van der Waals surface area contributed by atoms with E-state index >= 15 is 0 Å². The van der Waals surface area contributed by atoms with E-state index in [0.717, 1.165) is 5.69 Å². The molecule has 5 nitrogen and oxygen atoms in total. The van der Waals surface area contributed by atoms with Gasteiger partial charge in [-0.25, -0.2) is 4.98 Å². The van der Waals surface area contributed by atoms with Crippen molar-refractivity contribution < 1.29 is 0 Å². The van der Waals surface area contributed by atoms with E-state index in [0.29, 0.717) is 26.6 Å². The molecule has 0 aliphatic rings. The third-order valence-electron chi connectivity index (χ3n) is 3.72. The summed E-state index contributed by atoms with van der Waals surface area (Å²) in [4.78, 5) is 20.2. The van der Waals surface area contributed by atoms with Gasteiger partial charge in [-0.3, -0.25) is 13.9 Å². The molecule has 4 rings (SSSR count). The van der Waals surface area contributed by atoms with Gasteiger partial charge in [-0.15, -0.1) is 12.4 Å². The van der Waals surface area contributed by atoms with Gasteiger partial charge in [-0.05, 0) is 48.6 Å². The first kappa shape index (κ1) is 17.4. The highest BCUT2D eigenvalue weighted by atomic mass is 35.5. The summed E-state index contributed by atoms with van der Waals surface area (Å²) in [5, 5.41) is 0.594. The fourth-order valence-electron chi connectivity index (χ4n) is 2.59. The van der Waals surface area contributed by atoms with Crippen LogP contribution in [0.25, 0.3) is 22.5 Å². The van der Waals surface area contributed by atoms with Gasteiger partial charge in [0.15, 0.2) is 10.3 Å². The zero-order valence-corrected chi connectivity index (χ0v) is 15.1. The molecule has 2 heterocycles. The van der Waals surface area contributed by atoms with Crippen molar-refractivity contribution in [3.05, 3.63) is 81.1 Å². The molecule has 8 heteroatoms. The Bertz CT molecular complexity index is 1150. The Morgan fingerprint density at radius 1 is 1.00 bits per heavy atom. The Hall–Kier alpha value is -2.41. The first-order valence-electron chi connectivity index (χ1n) is 7.19. The number of rotatable bonds is 2. The fourth-order valence-corrected chi connectivity index (χ4v) is 3.00. The summed E-state index contributed by atoms with van der Waals surface area (Å²) in [5.41, 5.74) is 2.16. The fraction of sp³-hybridized carbons (Fsp3) is 0. The van der Waals surface area contributed by atoms with Crippen molar-refractivity contribution in [1.29, 1.82) is 0 Å². The van der Waals surface area contributed by atoms with Crippen molar-refractivity contribution in [2.45, 2.75) is 0 Å². The van der Waals surface area contributed by atoms with Gasteiger partial charge in [0.1, 0.15) is 12.0 Å². The number of para-hydroxylation sites is 1. The van der Waals surface area contributed by atoms with Gasteiger partial charge < -0.3 is 4.98 Å². The van der Waals surface area contributed by atoms with Crippen molar-refractivity contribution in [1.82, 2.24) is 19.1 Å². The van der Waals surface area contributed by atoms with Gasteiger partial charge in [-0.2, -0.15) is 0 Å². The lowest BCUT2D eigenvalue weighted by molar-refractivity contribution is 0.927. The summed E-state index contributed by atoms with van der Waals surface area (Å²) in [6.45, 7) is 0. The Kier molecular flexibility index (Phi) is 4.76. The molecule has 0 atom stereocenters. The van der Waals surface area contributed by atoms with Crippen LogP contribution in [0.15, 0.2) is 65.7 Å². The maximum Gasteiger partial charge on any atom is 0.287 e. The van der Waals surface area contributed by atoms with E-state index in [1.807, 2.05) is 30.3 Å². The number of benzene rings is 2. The number of nitrogens with zero attached hydrogens (tertiary/aromatic N) is 3. The van der Waals surface area contributed by atoms with Crippen LogP contribution in [0.4, 0.5) is 0 Å². The summed E-state index contributed by atoms with van der Waals surface area (Å²) >= 11 is 11.3. The Labute approximate surface area is 158 Å². The van der Waals surface area contributed by atoms with Crippen LogP contribution >= 0.6 is 36.2 Å². The summed E-state index contributed by atoms with van der Waals surface area (Å²) in [6, 6.07) is 16.6. The molecule has 25 heavy (non-hydrogen) atoms. The molecule has 1 N–H and O–H groups in total. The molecule has 0 aliphatic heterocycles. The molecular weight excluding hydrogens is 379 g/mol. The van der Waals surface area contributed by atoms with Crippen LogP contribution in [0.3, 0.4) is 0 Å². The van der Waals surface area contributed by atoms with Gasteiger partial charge in [0.2, 0.25) is 0 Å². The van der Waals surface area contributed by atoms with E-state index in [9.17, 15) is 4.79 Å². The van der Waals surface area contributed by atoms with Crippen molar-refractivity contribution in [2.24, 2.45) is 0 Å². The zero-order valence-electron chi connectivity index (χ0n) is 12.7. The average molecular weight is 391 g/mol. The maximum atomic E-state index is 12.8. The van der Waals surface area contributed by atoms with E-state index in [1.54, 1.807) is 35.2 Å². The number of fused-ring (bicyclic) bond motifs is 1. The predicted molar refractivity (Wildman–Crippen MR) is 104 cm³/mol. The molecule has 0 spiro atoms. The largest absolute Gasteiger partial charge is 0.316 e. The van der Waals surface area contributed by atoms with Crippen LogP contribution in [0.2, 0.25) is 5.02 Å². The molecule has 0 radical (unpaired) electrons. The van der Waals surface area contributed by atoms with E-state index in [-0.39, 0.29) is 18.0 Å². The van der Waals surface area contributed by atoms with Crippen molar-refractivity contribution in [3.8, 4) is 11.4 Å². The van der Waals surface area contributed by atoms with Gasteiger partial charge in [-0.1, -0.05) is 29.8 Å². The van der Waals surface area contributed by atoms with E-state index in [4.69, 9.17) is 23.8 Å². The number of halogens is 2. The molecule has 0 aliphatic carbocycles. The molecule has 0 saturated carbocycles. The molecule has 0 amide bonds. The van der Waals surface area contributed by atoms with E-state index in [2.05, 4.69) is 9.97 Å². The van der Waals surface area contributed by atoms with Crippen LogP contribution in [0.5, 0.6) is 0 Å². The second-order valence-electron chi connectivity index (χ2n) is 5.19. The highest BCUT2D eigenvalue weighted by Gasteiger charge is 2.13. The Morgan fingerprint density at radius 2 is 1.68 bits per heavy atom. The topological polar surface area (TPSA) is 55.6 Å². The summed E-state index contributed by atoms with van der Waals surface area (Å²) in [5.74, 6) is 0. The van der Waals surface area contributed by atoms with Crippen LogP contribution < -0.4 is 5.56 Å². The lowest BCUT2D eigenvalue weighted by Gasteiger charge is -2.08. The van der Waals surface area contributed by atoms with Gasteiger partial charge in [0, 0.05) is 10.7 Å². The molecule has 4 aromatic rings. The maximum absolute atomic E-state index is 12.8. The van der Waals surface area contributed by atoms with Crippen molar-refractivity contribution >= 4 is 47.4 Å². The predicted octanol–water partition coefficient (Wildman–Crippen LogP) is 4.31. The van der Waals surface area contributed by atoms with Crippen LogP contribution in [0.1, 0.15) is 0 Å². The minimum absolute atomic E-state index is 0. The molecule has 0 fully saturated rings. The highest BCUT2D eigenvalue weighted by Crippen LogP contribution is 2.16. The SMILES string of the molecule is Cl.O=c1c2ncn(-c3ccccc3)c2[nH]c(=S)n1-c1ccc(Cl)cc1. The first-order valence-corrected chi connectivity index (χ1v) is 7.97. The van der Waals surface area contributed by atoms with Gasteiger partial charge in [0.05, 0.1) is 5.69 Å². The number of hydrogen-bond donors (Lipinski definition) is 1. The van der Waals surface area contributed by atoms with Crippen molar-refractivity contribution in [3.63, 3.8) is 0 Å². The second-order valence-corrected chi connectivity index (χ2v) is 6.02. The van der Waals surface area contributed by atoms with Gasteiger partial charge >= 0.3 is 0 Å². The van der Waals surface area contributed by atoms with E-state index in [1.165, 1.54) is 4.57 Å². The summed E-state index contributed by atoms with van der Waals surface area (Å²) in [6.07, 6.45) is 1.61. The molecule has 0 bridgehead atoms. The first-order chi connectivity index (χ1) is 11.6. The Balaban J connectivity index is 0.00000182. The third-order valence-corrected chi connectivity index (χ3v) is 4.26. The monoisotopic (exact) mass is 390 g/mol. The number of imidazole rings is 1. The Morgan fingerprint density at radius 3 is 2.36 bits per heavy atom. The lowest BCUT2D eigenvalue weighted by atomic mass is 10.3. The second kappa shape index (κ2) is 6.84. The zero-order chi connectivity index (χ0) is 16.7. The standard InChI is InChI=1S/C17H11ClN4OS.ClH/c18-11-6-8-13(9-7-11)22-16(23)14-15(20-17(22)24)21(10-19-14)12-4-2-1-3-5-12;/h1-10H,(H,20,24);1H. The lowest BCUT2D eigenvalue weighted by Crippen LogP contribution is -2.21. The number of aromatic nitrogens is 4. The minimum atomic E-state index is -0.272. The smallest absolute Gasteiger partial charge is 0.287 e. The molecular formula is C17H12Cl2N4OS. The number of aromatic amines is 1. The molecule has 0 unspecified atom stereocenters. The minimum Gasteiger partial charge on any atom is -0.316 e. The molecule has 126 valence electrons. The molecule has 0 saturated heterocycles. The van der Waals surface area contributed by atoms with E-state index < -0.39 is 0 Å². The number of nitrogens with one attached hydrogen (secondary N) is 1. The normalized spacial score (nSPS) is 10.6.